The van der Waals surface area contributed by atoms with Crippen LogP contribution in [0.2, 0.25) is 0 Å². The van der Waals surface area contributed by atoms with Gasteiger partial charge < -0.3 is 4.90 Å². The van der Waals surface area contributed by atoms with Crippen molar-refractivity contribution in [2.24, 2.45) is 5.41 Å². The van der Waals surface area contributed by atoms with Crippen LogP contribution < -0.4 is 4.90 Å². The summed E-state index contributed by atoms with van der Waals surface area (Å²) in [4.78, 5) is 2.56. The molecule has 0 spiro atoms. The molecule has 0 saturated carbocycles. The number of rotatable bonds is 4. The third-order valence-corrected chi connectivity index (χ3v) is 7.22. The molecule has 0 bridgehead atoms. The smallest absolute Gasteiger partial charge is 0.0452 e. The zero-order valence-corrected chi connectivity index (χ0v) is 21.1. The molecule has 34 heavy (non-hydrogen) atoms. The van der Waals surface area contributed by atoms with Gasteiger partial charge in [0, 0.05) is 23.3 Å². The quantitative estimate of drug-likeness (QED) is 0.302. The molecule has 0 aliphatic carbocycles. The molecule has 172 valence electrons. The number of nitrogens with zero attached hydrogens (tertiary/aromatic N) is 1. The molecular formula is C33H35N. The molecule has 0 atom stereocenters. The highest BCUT2D eigenvalue weighted by Crippen LogP contribution is 2.51. The molecule has 4 aromatic carbocycles. The van der Waals surface area contributed by atoms with Crippen LogP contribution in [0.4, 0.5) is 11.4 Å². The van der Waals surface area contributed by atoms with Crippen molar-refractivity contribution < 1.29 is 0 Å². The normalized spacial score (nSPS) is 14.4. The largest absolute Gasteiger partial charge is 0.341 e. The molecule has 0 amide bonds. The molecule has 4 aromatic rings. The molecule has 5 rings (SSSR count). The van der Waals surface area contributed by atoms with E-state index in [4.69, 9.17) is 0 Å². The van der Waals surface area contributed by atoms with Crippen LogP contribution in [0.5, 0.6) is 0 Å². The molecule has 0 radical (unpaired) electrons. The van der Waals surface area contributed by atoms with E-state index in [2.05, 4.69) is 137 Å². The average Bonchev–Trinajstić information content (AvgIpc) is 2.84. The van der Waals surface area contributed by atoms with Gasteiger partial charge in [0.2, 0.25) is 0 Å². The van der Waals surface area contributed by atoms with E-state index in [1.54, 1.807) is 0 Å². The lowest BCUT2D eigenvalue weighted by atomic mass is 9.72. The van der Waals surface area contributed by atoms with E-state index in [9.17, 15) is 0 Å². The number of anilines is 2. The Morgan fingerprint density at radius 2 is 1.03 bits per heavy atom. The summed E-state index contributed by atoms with van der Waals surface area (Å²) in [7, 11) is 0. The minimum atomic E-state index is -0.0987. The molecule has 0 saturated heterocycles. The standard InChI is InChI=1S/C33H35N/c1-32(2,3)20-21-34-30-18-16-26(24-12-8-6-9-13-24)22-28(30)33(4,5)29-23-27(17-19-31(29)34)25-14-10-7-11-15-25/h6-19,22-23H,20-21H2,1-5H3. The van der Waals surface area contributed by atoms with Gasteiger partial charge >= 0.3 is 0 Å². The van der Waals surface area contributed by atoms with Gasteiger partial charge in [-0.1, -0.05) is 107 Å². The molecule has 1 nitrogen and oxygen atoms in total. The highest BCUT2D eigenvalue weighted by atomic mass is 15.1. The van der Waals surface area contributed by atoms with Crippen molar-refractivity contribution in [2.75, 3.05) is 11.4 Å². The molecule has 0 N–H and O–H groups in total. The van der Waals surface area contributed by atoms with Crippen molar-refractivity contribution in [1.29, 1.82) is 0 Å². The van der Waals surface area contributed by atoms with Crippen LogP contribution in [-0.2, 0) is 5.41 Å². The number of hydrogen-bond donors (Lipinski definition) is 0. The second-order valence-electron chi connectivity index (χ2n) is 11.3. The molecule has 1 heteroatoms. The summed E-state index contributed by atoms with van der Waals surface area (Å²) >= 11 is 0. The Morgan fingerprint density at radius 3 is 1.44 bits per heavy atom. The predicted octanol–water partition coefficient (Wildman–Crippen LogP) is 9.23. The monoisotopic (exact) mass is 445 g/mol. The van der Waals surface area contributed by atoms with Crippen molar-refractivity contribution in [2.45, 2.75) is 46.5 Å². The molecule has 1 aliphatic heterocycles. The maximum Gasteiger partial charge on any atom is 0.0452 e. The molecule has 1 heterocycles. The molecule has 0 fully saturated rings. The van der Waals surface area contributed by atoms with Crippen LogP contribution in [0.3, 0.4) is 0 Å². The van der Waals surface area contributed by atoms with Gasteiger partial charge in [-0.2, -0.15) is 0 Å². The first-order chi connectivity index (χ1) is 16.2. The fraction of sp³-hybridized carbons (Fsp3) is 0.273. The van der Waals surface area contributed by atoms with Crippen LogP contribution in [-0.4, -0.2) is 6.54 Å². The summed E-state index contributed by atoms with van der Waals surface area (Å²) in [5, 5.41) is 0. The highest BCUT2D eigenvalue weighted by molar-refractivity contribution is 5.83. The summed E-state index contributed by atoms with van der Waals surface area (Å²) in [6, 6.07) is 35.6. The Labute approximate surface area is 205 Å². The molecule has 0 unspecified atom stereocenters. The second kappa shape index (κ2) is 8.47. The minimum absolute atomic E-state index is 0.0987. The Balaban J connectivity index is 1.67. The summed E-state index contributed by atoms with van der Waals surface area (Å²) < 4.78 is 0. The SMILES string of the molecule is CC(C)(C)CCN1c2ccc(-c3ccccc3)cc2C(C)(C)c2cc(-c3ccccc3)ccc21. The van der Waals surface area contributed by atoms with E-state index in [0.29, 0.717) is 0 Å². The lowest BCUT2D eigenvalue weighted by Crippen LogP contribution is -2.34. The number of benzene rings is 4. The van der Waals surface area contributed by atoms with E-state index in [-0.39, 0.29) is 10.8 Å². The van der Waals surface area contributed by atoms with E-state index < -0.39 is 0 Å². The lowest BCUT2D eigenvalue weighted by Gasteiger charge is -2.43. The van der Waals surface area contributed by atoms with Crippen LogP contribution in [0, 0.1) is 5.41 Å². The number of fused-ring (bicyclic) bond motifs is 2. The zero-order valence-electron chi connectivity index (χ0n) is 21.1. The first kappa shape index (κ1) is 22.5. The van der Waals surface area contributed by atoms with E-state index >= 15 is 0 Å². The van der Waals surface area contributed by atoms with Gasteiger partial charge in [0.15, 0.2) is 0 Å². The maximum atomic E-state index is 2.56. The van der Waals surface area contributed by atoms with Crippen molar-refractivity contribution in [3.8, 4) is 22.3 Å². The first-order valence-corrected chi connectivity index (χ1v) is 12.4. The minimum Gasteiger partial charge on any atom is -0.341 e. The van der Waals surface area contributed by atoms with Crippen molar-refractivity contribution in [3.63, 3.8) is 0 Å². The van der Waals surface area contributed by atoms with E-state index in [1.165, 1.54) is 44.8 Å². The maximum absolute atomic E-state index is 2.56. The Bertz CT molecular complexity index is 1200. The second-order valence-corrected chi connectivity index (χ2v) is 11.3. The Kier molecular flexibility index (Phi) is 5.60. The fourth-order valence-electron chi connectivity index (χ4n) is 5.13. The average molecular weight is 446 g/mol. The zero-order chi connectivity index (χ0) is 23.9. The molecule has 0 aromatic heterocycles. The Morgan fingerprint density at radius 1 is 0.588 bits per heavy atom. The van der Waals surface area contributed by atoms with Gasteiger partial charge in [-0.25, -0.2) is 0 Å². The van der Waals surface area contributed by atoms with Gasteiger partial charge in [0.1, 0.15) is 0 Å². The third-order valence-electron chi connectivity index (χ3n) is 7.22. The first-order valence-electron chi connectivity index (χ1n) is 12.4. The van der Waals surface area contributed by atoms with Gasteiger partial charge in [-0.3, -0.25) is 0 Å². The van der Waals surface area contributed by atoms with Gasteiger partial charge in [-0.05, 0) is 69.5 Å². The summed E-state index contributed by atoms with van der Waals surface area (Å²) in [5.74, 6) is 0. The van der Waals surface area contributed by atoms with Crippen molar-refractivity contribution >= 4 is 11.4 Å². The highest BCUT2D eigenvalue weighted by Gasteiger charge is 2.37. The lowest BCUT2D eigenvalue weighted by molar-refractivity contribution is 0.382. The van der Waals surface area contributed by atoms with E-state index in [1.807, 2.05) is 0 Å². The topological polar surface area (TPSA) is 3.24 Å². The summed E-state index contributed by atoms with van der Waals surface area (Å²) in [6.45, 7) is 12.8. The van der Waals surface area contributed by atoms with Crippen molar-refractivity contribution in [3.05, 3.63) is 108 Å². The number of hydrogen-bond acceptors (Lipinski definition) is 1. The van der Waals surface area contributed by atoms with Crippen LogP contribution in [0.1, 0.15) is 52.2 Å². The third kappa shape index (κ3) is 4.16. The van der Waals surface area contributed by atoms with Crippen LogP contribution >= 0.6 is 0 Å². The summed E-state index contributed by atoms with van der Waals surface area (Å²) in [6.07, 6.45) is 1.13. The summed E-state index contributed by atoms with van der Waals surface area (Å²) in [5.41, 5.74) is 10.8. The Hall–Kier alpha value is -3.32. The van der Waals surface area contributed by atoms with Crippen molar-refractivity contribution in [1.82, 2.24) is 0 Å². The molecular weight excluding hydrogens is 410 g/mol. The van der Waals surface area contributed by atoms with Gasteiger partial charge in [0.05, 0.1) is 0 Å². The molecule has 1 aliphatic rings. The van der Waals surface area contributed by atoms with Crippen LogP contribution in [0.25, 0.3) is 22.3 Å². The van der Waals surface area contributed by atoms with Crippen LogP contribution in [0.15, 0.2) is 97.1 Å². The van der Waals surface area contributed by atoms with Gasteiger partial charge in [0.25, 0.3) is 0 Å². The predicted molar refractivity (Wildman–Crippen MR) is 147 cm³/mol. The fourth-order valence-corrected chi connectivity index (χ4v) is 5.13. The van der Waals surface area contributed by atoms with Gasteiger partial charge in [-0.15, -0.1) is 0 Å². The van der Waals surface area contributed by atoms with E-state index in [0.717, 1.165) is 13.0 Å².